The average Bonchev–Trinajstić information content (AvgIpc) is 2.67. The van der Waals surface area contributed by atoms with Crippen LogP contribution in [-0.4, -0.2) is 13.7 Å². The van der Waals surface area contributed by atoms with Gasteiger partial charge in [-0.15, -0.1) is 0 Å². The summed E-state index contributed by atoms with van der Waals surface area (Å²) in [6.45, 7) is 2.70. The first-order valence-corrected chi connectivity index (χ1v) is 8.86. The minimum absolute atomic E-state index is 0.257. The topological polar surface area (TPSA) is 44.5 Å². The Labute approximate surface area is 155 Å². The van der Waals surface area contributed by atoms with Crippen LogP contribution in [0.25, 0.3) is 0 Å². The summed E-state index contributed by atoms with van der Waals surface area (Å²) in [4.78, 5) is 0. The molecule has 3 rings (SSSR count). The van der Waals surface area contributed by atoms with Gasteiger partial charge >= 0.3 is 0 Å². The van der Waals surface area contributed by atoms with Crippen LogP contribution in [0.5, 0.6) is 17.2 Å². The SMILES string of the molecule is COc1ccc(C(CN)Cc2cccc(Oc3ccccc3)c2)c(C)c1. The number of ether oxygens (including phenoxy) is 2. The third-order valence-corrected chi connectivity index (χ3v) is 4.56. The smallest absolute Gasteiger partial charge is 0.127 e. The van der Waals surface area contributed by atoms with Crippen LogP contribution in [0.15, 0.2) is 72.8 Å². The molecule has 3 heteroatoms. The zero-order chi connectivity index (χ0) is 18.4. The van der Waals surface area contributed by atoms with Crippen LogP contribution in [0.2, 0.25) is 0 Å². The molecule has 3 aromatic rings. The highest BCUT2D eigenvalue weighted by Gasteiger charge is 2.14. The molecule has 0 aliphatic carbocycles. The first-order valence-electron chi connectivity index (χ1n) is 8.86. The Morgan fingerprint density at radius 2 is 1.62 bits per heavy atom. The quantitative estimate of drug-likeness (QED) is 0.648. The number of benzene rings is 3. The molecule has 26 heavy (non-hydrogen) atoms. The van der Waals surface area contributed by atoms with Crippen LogP contribution < -0.4 is 15.2 Å². The first-order chi connectivity index (χ1) is 12.7. The van der Waals surface area contributed by atoms with Gasteiger partial charge in [0.2, 0.25) is 0 Å². The van der Waals surface area contributed by atoms with Gasteiger partial charge in [0.15, 0.2) is 0 Å². The second-order valence-electron chi connectivity index (χ2n) is 6.42. The number of aryl methyl sites for hydroxylation is 1. The van der Waals surface area contributed by atoms with Crippen LogP contribution in [-0.2, 0) is 6.42 Å². The fraction of sp³-hybridized carbons (Fsp3) is 0.217. The number of nitrogens with two attached hydrogens (primary N) is 1. The number of hydrogen-bond acceptors (Lipinski definition) is 3. The number of methoxy groups -OCH3 is 1. The van der Waals surface area contributed by atoms with Gasteiger partial charge in [0.05, 0.1) is 7.11 Å². The molecule has 0 saturated carbocycles. The summed E-state index contributed by atoms with van der Waals surface area (Å²) >= 11 is 0. The average molecular weight is 347 g/mol. The van der Waals surface area contributed by atoms with Gasteiger partial charge in [-0.2, -0.15) is 0 Å². The van der Waals surface area contributed by atoms with E-state index in [1.807, 2.05) is 48.5 Å². The highest BCUT2D eigenvalue weighted by Crippen LogP contribution is 2.28. The van der Waals surface area contributed by atoms with Crippen molar-refractivity contribution in [3.8, 4) is 17.2 Å². The van der Waals surface area contributed by atoms with Crippen LogP contribution in [0.4, 0.5) is 0 Å². The second kappa shape index (κ2) is 8.54. The van der Waals surface area contributed by atoms with Crippen molar-refractivity contribution in [1.29, 1.82) is 0 Å². The van der Waals surface area contributed by atoms with Crippen molar-refractivity contribution < 1.29 is 9.47 Å². The summed E-state index contributed by atoms with van der Waals surface area (Å²) in [5.74, 6) is 2.81. The van der Waals surface area contributed by atoms with E-state index < -0.39 is 0 Å². The Balaban J connectivity index is 1.77. The zero-order valence-electron chi connectivity index (χ0n) is 15.3. The normalized spacial score (nSPS) is 11.8. The predicted octanol–water partition coefficient (Wildman–Crippen LogP) is 5.08. The third kappa shape index (κ3) is 4.44. The van der Waals surface area contributed by atoms with E-state index in [2.05, 4.69) is 31.2 Å². The Morgan fingerprint density at radius 3 is 2.31 bits per heavy atom. The van der Waals surface area contributed by atoms with Gasteiger partial charge in [0, 0.05) is 5.92 Å². The molecule has 3 nitrogen and oxygen atoms in total. The van der Waals surface area contributed by atoms with E-state index >= 15 is 0 Å². The fourth-order valence-corrected chi connectivity index (χ4v) is 3.20. The Bertz CT molecular complexity index is 846. The van der Waals surface area contributed by atoms with E-state index in [0.717, 1.165) is 23.7 Å². The largest absolute Gasteiger partial charge is 0.497 e. The standard InChI is InChI=1S/C23H25NO2/c1-17-13-21(25-2)11-12-23(17)19(16-24)14-18-7-6-10-22(15-18)26-20-8-4-3-5-9-20/h3-13,15,19H,14,16,24H2,1-2H3. The van der Waals surface area contributed by atoms with Crippen molar-refractivity contribution in [2.24, 2.45) is 5.73 Å². The molecular formula is C23H25NO2. The van der Waals surface area contributed by atoms with Crippen LogP contribution >= 0.6 is 0 Å². The van der Waals surface area contributed by atoms with E-state index in [1.165, 1.54) is 16.7 Å². The van der Waals surface area contributed by atoms with E-state index in [4.69, 9.17) is 15.2 Å². The summed E-state index contributed by atoms with van der Waals surface area (Å²) in [6.07, 6.45) is 0.871. The maximum Gasteiger partial charge on any atom is 0.127 e. The zero-order valence-corrected chi connectivity index (χ0v) is 15.3. The van der Waals surface area contributed by atoms with Crippen molar-refractivity contribution in [3.05, 3.63) is 89.5 Å². The van der Waals surface area contributed by atoms with Crippen LogP contribution in [0, 0.1) is 6.92 Å². The molecule has 0 amide bonds. The highest BCUT2D eigenvalue weighted by atomic mass is 16.5. The molecule has 3 aromatic carbocycles. The van der Waals surface area contributed by atoms with E-state index in [1.54, 1.807) is 7.11 Å². The fourth-order valence-electron chi connectivity index (χ4n) is 3.20. The Morgan fingerprint density at radius 1 is 0.846 bits per heavy atom. The lowest BCUT2D eigenvalue weighted by Gasteiger charge is -2.19. The summed E-state index contributed by atoms with van der Waals surface area (Å²) in [5, 5.41) is 0. The predicted molar refractivity (Wildman–Crippen MR) is 106 cm³/mol. The third-order valence-electron chi connectivity index (χ3n) is 4.56. The van der Waals surface area contributed by atoms with Crippen molar-refractivity contribution in [2.45, 2.75) is 19.3 Å². The molecule has 0 aliphatic heterocycles. The summed E-state index contributed by atoms with van der Waals surface area (Å²) in [7, 11) is 1.69. The monoisotopic (exact) mass is 347 g/mol. The maximum absolute atomic E-state index is 6.09. The molecule has 0 aliphatic rings. The van der Waals surface area contributed by atoms with Crippen LogP contribution in [0.1, 0.15) is 22.6 Å². The van der Waals surface area contributed by atoms with Gasteiger partial charge in [-0.1, -0.05) is 36.4 Å². The Hall–Kier alpha value is -2.78. The number of hydrogen-bond donors (Lipinski definition) is 1. The maximum atomic E-state index is 6.09. The second-order valence-corrected chi connectivity index (χ2v) is 6.42. The van der Waals surface area contributed by atoms with E-state index in [-0.39, 0.29) is 5.92 Å². The Kier molecular flexibility index (Phi) is 5.92. The highest BCUT2D eigenvalue weighted by molar-refractivity contribution is 5.39. The summed E-state index contributed by atoms with van der Waals surface area (Å²) in [5.41, 5.74) is 9.77. The molecule has 0 heterocycles. The molecule has 0 spiro atoms. The summed E-state index contributed by atoms with van der Waals surface area (Å²) < 4.78 is 11.3. The van der Waals surface area contributed by atoms with Gasteiger partial charge in [0.1, 0.15) is 17.2 Å². The molecule has 1 unspecified atom stereocenters. The molecule has 1 atom stereocenters. The molecule has 134 valence electrons. The van der Waals surface area contributed by atoms with Crippen molar-refractivity contribution in [2.75, 3.05) is 13.7 Å². The van der Waals surface area contributed by atoms with Crippen molar-refractivity contribution in [1.82, 2.24) is 0 Å². The molecule has 2 N–H and O–H groups in total. The number of para-hydroxylation sites is 1. The minimum Gasteiger partial charge on any atom is -0.497 e. The molecule has 0 bridgehead atoms. The summed E-state index contributed by atoms with van der Waals surface area (Å²) in [6, 6.07) is 24.2. The van der Waals surface area contributed by atoms with Crippen molar-refractivity contribution in [3.63, 3.8) is 0 Å². The minimum atomic E-state index is 0.257. The molecule has 0 fully saturated rings. The lowest BCUT2D eigenvalue weighted by molar-refractivity contribution is 0.414. The van der Waals surface area contributed by atoms with E-state index in [9.17, 15) is 0 Å². The molecule has 0 saturated heterocycles. The lowest BCUT2D eigenvalue weighted by atomic mass is 9.89. The first kappa shape index (κ1) is 18.0. The van der Waals surface area contributed by atoms with E-state index in [0.29, 0.717) is 6.54 Å². The van der Waals surface area contributed by atoms with Crippen molar-refractivity contribution >= 4 is 0 Å². The van der Waals surface area contributed by atoms with Gasteiger partial charge in [0.25, 0.3) is 0 Å². The van der Waals surface area contributed by atoms with Crippen LogP contribution in [0.3, 0.4) is 0 Å². The van der Waals surface area contributed by atoms with Gasteiger partial charge in [-0.3, -0.25) is 0 Å². The van der Waals surface area contributed by atoms with Gasteiger partial charge < -0.3 is 15.2 Å². The molecule has 0 aromatic heterocycles. The lowest BCUT2D eigenvalue weighted by Crippen LogP contribution is -2.16. The molecule has 0 radical (unpaired) electrons. The number of rotatable bonds is 7. The van der Waals surface area contributed by atoms with Gasteiger partial charge in [-0.25, -0.2) is 0 Å². The molecular weight excluding hydrogens is 322 g/mol. The van der Waals surface area contributed by atoms with Gasteiger partial charge in [-0.05, 0) is 73.0 Å².